The number of piperazine rings is 1. The van der Waals surface area contributed by atoms with Gasteiger partial charge in [-0.3, -0.25) is 9.59 Å². The number of carbonyl (C=O) groups is 2. The third-order valence-electron chi connectivity index (χ3n) is 6.53. The lowest BCUT2D eigenvalue weighted by atomic mass is 9.80. The Balaban J connectivity index is 1.29. The van der Waals surface area contributed by atoms with Gasteiger partial charge in [0.05, 0.1) is 6.54 Å². The van der Waals surface area contributed by atoms with Crippen LogP contribution in [0, 0.1) is 5.21 Å². The van der Waals surface area contributed by atoms with Crippen molar-refractivity contribution in [3.05, 3.63) is 75.8 Å². The highest BCUT2D eigenvalue weighted by Crippen LogP contribution is 2.56. The molecule has 7 nitrogen and oxygen atoms in total. The number of Topliss-reactive ketones (excluding diaryl/α,β-unsaturated/α-hetero) is 2. The molecule has 1 unspecified atom stereocenters. The van der Waals surface area contributed by atoms with Gasteiger partial charge in [0.2, 0.25) is 17.2 Å². The Kier molecular flexibility index (Phi) is 3.23. The molecule has 0 aromatic heterocycles. The van der Waals surface area contributed by atoms with Crippen molar-refractivity contribution in [1.29, 1.82) is 0 Å². The minimum Gasteiger partial charge on any atom is -0.596 e. The van der Waals surface area contributed by atoms with Crippen molar-refractivity contribution in [3.8, 4) is 0 Å². The van der Waals surface area contributed by atoms with E-state index in [0.717, 1.165) is 31.7 Å². The summed E-state index contributed by atoms with van der Waals surface area (Å²) in [6, 6.07) is 13.1. The SMILES string of the molecule is CN1CCN(c2ccc(CN3C4=C5C(=O)c6cccc(c6C4=O)[N+]53[O-])cc2)CC1. The highest BCUT2D eigenvalue weighted by Gasteiger charge is 2.65. The zero-order valence-corrected chi connectivity index (χ0v) is 16.1. The van der Waals surface area contributed by atoms with Gasteiger partial charge in [-0.1, -0.05) is 18.2 Å². The Morgan fingerprint density at radius 3 is 2.41 bits per heavy atom. The van der Waals surface area contributed by atoms with Gasteiger partial charge in [0, 0.05) is 43.5 Å². The van der Waals surface area contributed by atoms with Crippen molar-refractivity contribution in [2.75, 3.05) is 38.1 Å². The summed E-state index contributed by atoms with van der Waals surface area (Å²) in [7, 11) is 2.13. The van der Waals surface area contributed by atoms with Gasteiger partial charge in [0.25, 0.3) is 5.78 Å². The van der Waals surface area contributed by atoms with E-state index in [4.69, 9.17) is 0 Å². The van der Waals surface area contributed by atoms with Crippen LogP contribution in [0.5, 0.6) is 0 Å². The quantitative estimate of drug-likeness (QED) is 0.594. The Labute approximate surface area is 168 Å². The fraction of sp³-hybridized carbons (Fsp3) is 0.273. The van der Waals surface area contributed by atoms with E-state index in [1.54, 1.807) is 18.2 Å². The van der Waals surface area contributed by atoms with E-state index < -0.39 is 4.76 Å². The Hall–Kier alpha value is -3.00. The van der Waals surface area contributed by atoms with Crippen molar-refractivity contribution in [3.63, 3.8) is 0 Å². The van der Waals surface area contributed by atoms with Crippen molar-refractivity contribution < 1.29 is 9.59 Å². The Morgan fingerprint density at radius 2 is 1.69 bits per heavy atom. The van der Waals surface area contributed by atoms with E-state index in [1.807, 2.05) is 12.1 Å². The first kappa shape index (κ1) is 16.9. The second-order valence-corrected chi connectivity index (χ2v) is 8.15. The molecular weight excluding hydrogens is 368 g/mol. The van der Waals surface area contributed by atoms with Crippen LogP contribution in [0.1, 0.15) is 26.3 Å². The van der Waals surface area contributed by atoms with Gasteiger partial charge in [-0.15, -0.1) is 0 Å². The molecule has 0 radical (unpaired) electrons. The van der Waals surface area contributed by atoms with Gasteiger partial charge < -0.3 is 15.0 Å². The summed E-state index contributed by atoms with van der Waals surface area (Å²) in [5.74, 6) is -0.505. The maximum Gasteiger partial charge on any atom is 0.252 e. The highest BCUT2D eigenvalue weighted by molar-refractivity contribution is 6.33. The van der Waals surface area contributed by atoms with Crippen LogP contribution >= 0.6 is 0 Å². The summed E-state index contributed by atoms with van der Waals surface area (Å²) < 4.78 is -0.927. The zero-order valence-electron chi connectivity index (χ0n) is 16.1. The number of quaternary nitrogens is 1. The first-order chi connectivity index (χ1) is 14.0. The summed E-state index contributed by atoms with van der Waals surface area (Å²) in [6.07, 6.45) is 0. The molecule has 29 heavy (non-hydrogen) atoms. The predicted molar refractivity (Wildman–Crippen MR) is 109 cm³/mol. The van der Waals surface area contributed by atoms with Crippen molar-refractivity contribution >= 4 is 22.9 Å². The van der Waals surface area contributed by atoms with Crippen LogP contribution in [0.2, 0.25) is 0 Å². The summed E-state index contributed by atoms with van der Waals surface area (Å²) >= 11 is 0. The molecule has 0 N–H and O–H groups in total. The van der Waals surface area contributed by atoms with Crippen molar-refractivity contribution in [2.24, 2.45) is 0 Å². The molecule has 0 spiro atoms. The normalized spacial score (nSPS) is 25.0. The van der Waals surface area contributed by atoms with E-state index >= 15 is 0 Å². The fourth-order valence-corrected chi connectivity index (χ4v) is 4.90. The Bertz CT molecular complexity index is 1120. The monoisotopic (exact) mass is 388 g/mol. The average Bonchev–Trinajstić information content (AvgIpc) is 2.73. The molecule has 1 fully saturated rings. The van der Waals surface area contributed by atoms with Crippen LogP contribution in [-0.4, -0.2) is 54.7 Å². The minimum absolute atomic E-state index is 0.0738. The fourth-order valence-electron chi connectivity index (χ4n) is 4.90. The molecule has 8 rings (SSSR count). The third-order valence-corrected chi connectivity index (χ3v) is 6.53. The van der Waals surface area contributed by atoms with Crippen LogP contribution in [0.15, 0.2) is 53.9 Å². The molecule has 7 heteroatoms. The first-order valence-corrected chi connectivity index (χ1v) is 9.88. The number of ketones is 2. The third kappa shape index (κ3) is 2.02. The van der Waals surface area contributed by atoms with Gasteiger partial charge in [-0.2, -0.15) is 9.76 Å². The number of hydrogen-bond donors (Lipinski definition) is 0. The molecule has 0 amide bonds. The van der Waals surface area contributed by atoms with E-state index in [1.165, 1.54) is 10.7 Å². The molecule has 1 aliphatic carbocycles. The number of benzene rings is 2. The summed E-state index contributed by atoms with van der Waals surface area (Å²) in [6.45, 7) is 4.37. The second kappa shape index (κ2) is 5.54. The molecule has 1 atom stereocenters. The lowest BCUT2D eigenvalue weighted by Crippen LogP contribution is -2.72. The van der Waals surface area contributed by atoms with Gasteiger partial charge >= 0.3 is 0 Å². The van der Waals surface area contributed by atoms with Gasteiger partial charge in [0.1, 0.15) is 5.56 Å². The number of anilines is 1. The second-order valence-electron chi connectivity index (χ2n) is 8.15. The van der Waals surface area contributed by atoms with E-state index in [-0.39, 0.29) is 23.0 Å². The summed E-state index contributed by atoms with van der Waals surface area (Å²) in [5.41, 5.74) is 3.48. The van der Waals surface area contributed by atoms with E-state index in [0.29, 0.717) is 23.4 Å². The standard InChI is InChI=1S/C22H20N4O3/c1-23-9-11-24(12-10-23)15-7-5-14(6-8-15)13-25-19-20-21(27)16-3-2-4-17(26(20,25)29)18(16)22(19)28/h2-8H,9-13H2,1H3. The molecule has 2 aromatic rings. The number of hydrogen-bond acceptors (Lipinski definition) is 6. The number of rotatable bonds is 3. The lowest BCUT2D eigenvalue weighted by molar-refractivity contribution is 0.0162. The van der Waals surface area contributed by atoms with Crippen molar-refractivity contribution in [1.82, 2.24) is 14.7 Å². The van der Waals surface area contributed by atoms with Crippen LogP contribution in [-0.2, 0) is 6.54 Å². The molecule has 0 saturated carbocycles. The maximum absolute atomic E-state index is 13.6. The number of allylic oxidation sites excluding steroid dienone is 2. The highest BCUT2D eigenvalue weighted by atomic mass is 16.6. The summed E-state index contributed by atoms with van der Waals surface area (Å²) in [4.78, 5) is 30.2. The molecule has 1 saturated heterocycles. The van der Waals surface area contributed by atoms with Crippen LogP contribution in [0.3, 0.4) is 0 Å². The number of carbonyl (C=O) groups excluding carboxylic acids is 2. The molecular formula is C22H20N4O3. The zero-order chi connectivity index (χ0) is 19.9. The molecule has 2 aromatic carbocycles. The molecule has 5 aliphatic heterocycles. The number of likely N-dealkylation sites (N-methyl/N-ethyl adjacent to an activating group) is 1. The molecule has 6 aliphatic rings. The Morgan fingerprint density at radius 1 is 0.966 bits per heavy atom. The van der Waals surface area contributed by atoms with Crippen LogP contribution in [0.25, 0.3) is 0 Å². The number of nitrogens with zero attached hydrogens (tertiary/aromatic N) is 4. The minimum atomic E-state index is -0.927. The van der Waals surface area contributed by atoms with Gasteiger partial charge in [0.15, 0.2) is 5.69 Å². The molecule has 6 bridgehead atoms. The molecule has 146 valence electrons. The van der Waals surface area contributed by atoms with Gasteiger partial charge in [-0.05, 0) is 30.8 Å². The van der Waals surface area contributed by atoms with Crippen LogP contribution in [0.4, 0.5) is 11.4 Å². The summed E-state index contributed by atoms with van der Waals surface area (Å²) in [5, 5.41) is 15.1. The average molecular weight is 388 g/mol. The van der Waals surface area contributed by atoms with Gasteiger partial charge in [-0.25, -0.2) is 0 Å². The maximum atomic E-state index is 13.6. The lowest BCUT2D eigenvalue weighted by Gasteiger charge is -2.61. The van der Waals surface area contributed by atoms with Crippen LogP contribution < -0.4 is 9.66 Å². The molecule has 5 heterocycles. The first-order valence-electron chi connectivity index (χ1n) is 9.88. The van der Waals surface area contributed by atoms with Crippen molar-refractivity contribution in [2.45, 2.75) is 6.54 Å². The topological polar surface area (TPSA) is 66.9 Å². The largest absolute Gasteiger partial charge is 0.596 e. The smallest absolute Gasteiger partial charge is 0.252 e. The van der Waals surface area contributed by atoms with E-state index in [2.05, 4.69) is 29.0 Å². The predicted octanol–water partition coefficient (Wildman–Crippen LogP) is 2.28. The van der Waals surface area contributed by atoms with E-state index in [9.17, 15) is 14.8 Å². The number of hydroxylamine groups is 1.